The highest BCUT2D eigenvalue weighted by atomic mass is 32.2. The van der Waals surface area contributed by atoms with Gasteiger partial charge in [0.15, 0.2) is 5.17 Å². The predicted molar refractivity (Wildman–Crippen MR) is 108 cm³/mol. The normalized spacial score (nSPS) is 17.2. The third-order valence-electron chi connectivity index (χ3n) is 4.04. The van der Waals surface area contributed by atoms with Crippen LogP contribution in [0.25, 0.3) is 17.4 Å². The van der Waals surface area contributed by atoms with Crippen LogP contribution in [-0.2, 0) is 4.79 Å². The molecule has 0 bridgehead atoms. The number of benzene rings is 2. The van der Waals surface area contributed by atoms with Crippen LogP contribution in [-0.4, -0.2) is 28.1 Å². The quantitative estimate of drug-likeness (QED) is 0.661. The summed E-state index contributed by atoms with van der Waals surface area (Å²) in [4.78, 5) is 19.0. The second-order valence-electron chi connectivity index (χ2n) is 5.95. The fourth-order valence-electron chi connectivity index (χ4n) is 2.61. The number of carbonyl (C=O) groups excluding carboxylic acids is 1. The summed E-state index contributed by atoms with van der Waals surface area (Å²) >= 11 is 1.29. The molecule has 0 spiro atoms. The van der Waals surface area contributed by atoms with Crippen molar-refractivity contribution in [3.8, 4) is 17.1 Å². The molecule has 0 unspecified atom stereocenters. The fraction of sp³-hybridized carbons (Fsp3) is 0.0476. The van der Waals surface area contributed by atoms with Gasteiger partial charge in [0.1, 0.15) is 17.3 Å². The Kier molecular flexibility index (Phi) is 4.56. The van der Waals surface area contributed by atoms with Crippen molar-refractivity contribution in [3.05, 3.63) is 77.4 Å². The Labute approximate surface area is 160 Å². The Morgan fingerprint density at radius 1 is 1.04 bits per heavy atom. The topological polar surface area (TPSA) is 66.0 Å². The van der Waals surface area contributed by atoms with Crippen molar-refractivity contribution in [2.24, 2.45) is 4.99 Å². The first-order valence-corrected chi connectivity index (χ1v) is 9.12. The zero-order valence-corrected chi connectivity index (χ0v) is 15.3. The van der Waals surface area contributed by atoms with E-state index in [0.29, 0.717) is 21.5 Å². The van der Waals surface area contributed by atoms with Gasteiger partial charge in [0, 0.05) is 18.7 Å². The second-order valence-corrected chi connectivity index (χ2v) is 6.96. The molecule has 3 aromatic rings. The first-order chi connectivity index (χ1) is 13.1. The van der Waals surface area contributed by atoms with Crippen LogP contribution in [0.4, 0.5) is 5.69 Å². The fourth-order valence-corrected chi connectivity index (χ4v) is 3.57. The van der Waals surface area contributed by atoms with Crippen molar-refractivity contribution in [2.75, 3.05) is 7.05 Å². The van der Waals surface area contributed by atoms with Gasteiger partial charge in [-0.2, -0.15) is 0 Å². The van der Waals surface area contributed by atoms with Gasteiger partial charge < -0.3 is 9.52 Å². The molecule has 0 atom stereocenters. The molecule has 1 aromatic heterocycles. The maximum absolute atomic E-state index is 12.5. The van der Waals surface area contributed by atoms with Crippen molar-refractivity contribution >= 4 is 34.6 Å². The number of rotatable bonds is 3. The number of phenols is 1. The summed E-state index contributed by atoms with van der Waals surface area (Å²) in [5, 5.41) is 9.94. The van der Waals surface area contributed by atoms with Crippen LogP contribution in [0.1, 0.15) is 5.76 Å². The summed E-state index contributed by atoms with van der Waals surface area (Å²) < 4.78 is 5.85. The number of hydrogen-bond donors (Lipinski definition) is 1. The zero-order valence-electron chi connectivity index (χ0n) is 14.5. The number of hydrogen-bond acceptors (Lipinski definition) is 5. The molecule has 27 heavy (non-hydrogen) atoms. The van der Waals surface area contributed by atoms with Gasteiger partial charge in [-0.05, 0) is 48.2 Å². The van der Waals surface area contributed by atoms with Crippen LogP contribution in [0.5, 0.6) is 5.75 Å². The van der Waals surface area contributed by atoms with Gasteiger partial charge in [-0.25, -0.2) is 4.99 Å². The van der Waals surface area contributed by atoms with Crippen LogP contribution in [0.2, 0.25) is 0 Å². The molecule has 0 aliphatic carbocycles. The van der Waals surface area contributed by atoms with E-state index in [1.54, 1.807) is 37.4 Å². The maximum Gasteiger partial charge on any atom is 0.266 e. The van der Waals surface area contributed by atoms with Gasteiger partial charge in [-0.3, -0.25) is 9.69 Å². The average Bonchev–Trinajstić information content (AvgIpc) is 3.26. The number of nitrogens with zero attached hydrogens (tertiary/aromatic N) is 2. The molecule has 0 saturated carbocycles. The smallest absolute Gasteiger partial charge is 0.266 e. The van der Waals surface area contributed by atoms with E-state index >= 15 is 0 Å². The van der Waals surface area contributed by atoms with Crippen LogP contribution >= 0.6 is 11.8 Å². The summed E-state index contributed by atoms with van der Waals surface area (Å²) in [6.07, 6.45) is 1.73. The van der Waals surface area contributed by atoms with Crippen LogP contribution in [0, 0.1) is 0 Å². The minimum absolute atomic E-state index is 0.129. The summed E-state index contributed by atoms with van der Waals surface area (Å²) in [7, 11) is 1.69. The van der Waals surface area contributed by atoms with E-state index < -0.39 is 0 Å². The van der Waals surface area contributed by atoms with E-state index in [1.165, 1.54) is 16.7 Å². The Balaban J connectivity index is 1.58. The Morgan fingerprint density at radius 3 is 2.52 bits per heavy atom. The highest BCUT2D eigenvalue weighted by molar-refractivity contribution is 8.18. The van der Waals surface area contributed by atoms with E-state index in [2.05, 4.69) is 4.99 Å². The SMILES string of the molecule is CN1C(=O)/C(=C/c2ccc(-c3ccccc3)o2)SC1=Nc1ccc(O)cc1. The lowest BCUT2D eigenvalue weighted by atomic mass is 10.2. The van der Waals surface area contributed by atoms with Crippen molar-refractivity contribution < 1.29 is 14.3 Å². The molecule has 1 amide bonds. The number of aliphatic imine (C=N–C) groups is 1. The summed E-state index contributed by atoms with van der Waals surface area (Å²) in [5.41, 5.74) is 1.65. The van der Waals surface area contributed by atoms with Gasteiger partial charge in [0.05, 0.1) is 10.6 Å². The van der Waals surface area contributed by atoms with Gasteiger partial charge in [0.25, 0.3) is 5.91 Å². The molecule has 5 nitrogen and oxygen atoms in total. The Hall–Kier alpha value is -3.25. The molecule has 6 heteroatoms. The van der Waals surface area contributed by atoms with Gasteiger partial charge >= 0.3 is 0 Å². The lowest BCUT2D eigenvalue weighted by Gasteiger charge is -2.06. The number of carbonyl (C=O) groups is 1. The van der Waals surface area contributed by atoms with Crippen molar-refractivity contribution in [1.82, 2.24) is 4.90 Å². The largest absolute Gasteiger partial charge is 0.508 e. The minimum atomic E-state index is -0.129. The lowest BCUT2D eigenvalue weighted by Crippen LogP contribution is -2.23. The summed E-state index contributed by atoms with van der Waals surface area (Å²) in [6.45, 7) is 0. The highest BCUT2D eigenvalue weighted by Gasteiger charge is 2.30. The van der Waals surface area contributed by atoms with Gasteiger partial charge in [-0.1, -0.05) is 30.3 Å². The van der Waals surface area contributed by atoms with E-state index in [0.717, 1.165) is 11.3 Å². The van der Waals surface area contributed by atoms with Crippen molar-refractivity contribution in [2.45, 2.75) is 0 Å². The molecular formula is C21H16N2O3S. The van der Waals surface area contributed by atoms with Crippen LogP contribution < -0.4 is 0 Å². The molecule has 4 rings (SSSR count). The Bertz CT molecular complexity index is 1040. The van der Waals surface area contributed by atoms with E-state index in [4.69, 9.17) is 4.42 Å². The number of likely N-dealkylation sites (N-methyl/N-ethyl adjacent to an activating group) is 1. The summed E-state index contributed by atoms with van der Waals surface area (Å²) in [5.74, 6) is 1.42. The molecule has 1 N–H and O–H groups in total. The standard InChI is InChI=1S/C21H16N2O3S/c1-23-20(25)19(27-21(23)22-15-7-9-16(24)10-8-15)13-17-11-12-18(26-17)14-5-3-2-4-6-14/h2-13,24H,1H3/b19-13-,22-21?. The molecule has 0 radical (unpaired) electrons. The summed E-state index contributed by atoms with van der Waals surface area (Å²) in [6, 6.07) is 20.1. The van der Waals surface area contributed by atoms with Crippen molar-refractivity contribution in [1.29, 1.82) is 0 Å². The molecule has 134 valence electrons. The predicted octanol–water partition coefficient (Wildman–Crippen LogP) is 4.89. The van der Waals surface area contributed by atoms with Crippen LogP contribution in [0.3, 0.4) is 0 Å². The monoisotopic (exact) mass is 376 g/mol. The lowest BCUT2D eigenvalue weighted by molar-refractivity contribution is -0.121. The first kappa shape index (κ1) is 17.2. The average molecular weight is 376 g/mol. The number of phenolic OH excluding ortho intramolecular Hbond substituents is 1. The molecule has 1 aliphatic heterocycles. The molecule has 1 fully saturated rings. The molecule has 1 saturated heterocycles. The first-order valence-electron chi connectivity index (χ1n) is 8.31. The van der Waals surface area contributed by atoms with Crippen LogP contribution in [0.15, 0.2) is 81.0 Å². The van der Waals surface area contributed by atoms with E-state index in [9.17, 15) is 9.90 Å². The maximum atomic E-state index is 12.5. The molecular weight excluding hydrogens is 360 g/mol. The number of furan rings is 1. The number of aromatic hydroxyl groups is 1. The number of thioether (sulfide) groups is 1. The van der Waals surface area contributed by atoms with E-state index in [1.807, 2.05) is 42.5 Å². The van der Waals surface area contributed by atoms with Gasteiger partial charge in [0.2, 0.25) is 0 Å². The van der Waals surface area contributed by atoms with E-state index in [-0.39, 0.29) is 11.7 Å². The zero-order chi connectivity index (χ0) is 18.8. The van der Waals surface area contributed by atoms with Gasteiger partial charge in [-0.15, -0.1) is 0 Å². The third-order valence-corrected chi connectivity index (χ3v) is 5.10. The number of amides is 1. The second kappa shape index (κ2) is 7.17. The highest BCUT2D eigenvalue weighted by Crippen LogP contribution is 2.34. The van der Waals surface area contributed by atoms with Crippen molar-refractivity contribution in [3.63, 3.8) is 0 Å². The molecule has 2 aromatic carbocycles. The third kappa shape index (κ3) is 3.66. The molecule has 1 aliphatic rings. The minimum Gasteiger partial charge on any atom is -0.508 e. The molecule has 2 heterocycles. The Morgan fingerprint density at radius 2 is 1.78 bits per heavy atom. The number of amidine groups is 1.